The zero-order chi connectivity index (χ0) is 10.6. The Bertz CT molecular complexity index is 361. The molecule has 0 N–H and O–H groups in total. The van der Waals surface area contributed by atoms with E-state index in [-0.39, 0.29) is 5.02 Å². The average molecular weight is 231 g/mol. The van der Waals surface area contributed by atoms with Crippen LogP contribution < -0.4 is 4.74 Å². The van der Waals surface area contributed by atoms with Gasteiger partial charge in [-0.2, -0.15) is 0 Å². The van der Waals surface area contributed by atoms with E-state index in [0.717, 1.165) is 0 Å². The maximum absolute atomic E-state index is 10.7. The molecule has 0 aliphatic carbocycles. The molecule has 0 spiro atoms. The molecule has 1 aromatic rings. The fraction of sp³-hybridized carbons (Fsp3) is 0.100. The molecule has 0 atom stereocenters. The first kappa shape index (κ1) is 11.1. The van der Waals surface area contributed by atoms with Crippen molar-refractivity contribution in [1.29, 1.82) is 0 Å². The monoisotopic (exact) mass is 230 g/mol. The van der Waals surface area contributed by atoms with Crippen LogP contribution in [0.25, 0.3) is 0 Å². The minimum absolute atomic E-state index is 0.284. The van der Waals surface area contributed by atoms with Crippen LogP contribution >= 0.6 is 23.2 Å². The van der Waals surface area contributed by atoms with Crippen LogP contribution in [0.3, 0.4) is 0 Å². The van der Waals surface area contributed by atoms with Crippen molar-refractivity contribution in [3.05, 3.63) is 40.4 Å². The fourth-order valence-corrected chi connectivity index (χ4v) is 1.46. The van der Waals surface area contributed by atoms with Crippen LogP contribution in [0, 0.1) is 0 Å². The number of aldehydes is 1. The summed E-state index contributed by atoms with van der Waals surface area (Å²) in [6.07, 6.45) is 2.21. The normalized spacial score (nSPS) is 9.57. The van der Waals surface area contributed by atoms with E-state index in [2.05, 4.69) is 6.58 Å². The van der Waals surface area contributed by atoms with Gasteiger partial charge >= 0.3 is 0 Å². The quantitative estimate of drug-likeness (QED) is 0.586. The first-order valence-electron chi connectivity index (χ1n) is 3.87. The number of carbonyl (C=O) groups is 1. The minimum Gasteiger partial charge on any atom is -0.489 e. The first-order chi connectivity index (χ1) is 6.69. The van der Waals surface area contributed by atoms with Crippen molar-refractivity contribution >= 4 is 29.5 Å². The number of rotatable bonds is 4. The zero-order valence-corrected chi connectivity index (χ0v) is 8.81. The van der Waals surface area contributed by atoms with Crippen LogP contribution in [-0.2, 0) is 0 Å². The molecule has 0 bridgehead atoms. The lowest BCUT2D eigenvalue weighted by Gasteiger charge is -2.07. The van der Waals surface area contributed by atoms with Crippen LogP contribution in [-0.4, -0.2) is 12.9 Å². The molecule has 0 heterocycles. The summed E-state index contributed by atoms with van der Waals surface area (Å²) in [7, 11) is 0. The van der Waals surface area contributed by atoms with Gasteiger partial charge in [0.2, 0.25) is 0 Å². The number of benzene rings is 1. The number of hydrogen-bond donors (Lipinski definition) is 0. The third-order valence-electron chi connectivity index (χ3n) is 1.53. The Balaban J connectivity index is 3.10. The van der Waals surface area contributed by atoms with Crippen molar-refractivity contribution in [3.8, 4) is 5.75 Å². The molecule has 2 nitrogen and oxygen atoms in total. The molecule has 0 saturated heterocycles. The largest absolute Gasteiger partial charge is 0.489 e. The predicted molar refractivity (Wildman–Crippen MR) is 57.5 cm³/mol. The van der Waals surface area contributed by atoms with Gasteiger partial charge < -0.3 is 4.74 Å². The van der Waals surface area contributed by atoms with Gasteiger partial charge in [-0.05, 0) is 12.1 Å². The van der Waals surface area contributed by atoms with E-state index in [0.29, 0.717) is 29.2 Å². The van der Waals surface area contributed by atoms with E-state index in [9.17, 15) is 4.79 Å². The van der Waals surface area contributed by atoms with Gasteiger partial charge in [0.25, 0.3) is 0 Å². The SMILES string of the molecule is C=CCOc1cc(Cl)cc(Cl)c1C=O. The van der Waals surface area contributed by atoms with Gasteiger partial charge in [-0.25, -0.2) is 0 Å². The maximum atomic E-state index is 10.7. The summed E-state index contributed by atoms with van der Waals surface area (Å²) in [6, 6.07) is 3.04. The molecule has 0 saturated carbocycles. The Kier molecular flexibility index (Phi) is 3.98. The Morgan fingerprint density at radius 3 is 2.71 bits per heavy atom. The van der Waals surface area contributed by atoms with Gasteiger partial charge in [0.05, 0.1) is 10.6 Å². The molecule has 0 aliphatic heterocycles. The molecular formula is C10H8Cl2O2. The summed E-state index contributed by atoms with van der Waals surface area (Å²) in [5, 5.41) is 0.714. The number of carbonyl (C=O) groups excluding carboxylic acids is 1. The molecule has 4 heteroatoms. The van der Waals surface area contributed by atoms with Crippen LogP contribution in [0.1, 0.15) is 10.4 Å². The maximum Gasteiger partial charge on any atom is 0.155 e. The Morgan fingerprint density at radius 1 is 1.43 bits per heavy atom. The second-order valence-electron chi connectivity index (χ2n) is 2.52. The van der Waals surface area contributed by atoms with Crippen molar-refractivity contribution < 1.29 is 9.53 Å². The summed E-state index contributed by atoms with van der Waals surface area (Å²) in [5.74, 6) is 0.373. The average Bonchev–Trinajstić information content (AvgIpc) is 2.14. The van der Waals surface area contributed by atoms with E-state index in [1.807, 2.05) is 0 Å². The van der Waals surface area contributed by atoms with Crippen molar-refractivity contribution in [2.24, 2.45) is 0 Å². The van der Waals surface area contributed by atoms with Gasteiger partial charge in [-0.3, -0.25) is 4.79 Å². The minimum atomic E-state index is 0.284. The first-order valence-corrected chi connectivity index (χ1v) is 4.62. The fourth-order valence-electron chi connectivity index (χ4n) is 0.944. The van der Waals surface area contributed by atoms with E-state index in [1.165, 1.54) is 6.07 Å². The van der Waals surface area contributed by atoms with Crippen molar-refractivity contribution in [2.45, 2.75) is 0 Å². The molecule has 0 fully saturated rings. The lowest BCUT2D eigenvalue weighted by Crippen LogP contribution is -1.97. The van der Waals surface area contributed by atoms with Crippen LogP contribution in [0.2, 0.25) is 10.0 Å². The predicted octanol–water partition coefficient (Wildman–Crippen LogP) is 3.37. The van der Waals surface area contributed by atoms with Crippen molar-refractivity contribution in [1.82, 2.24) is 0 Å². The number of hydrogen-bond acceptors (Lipinski definition) is 2. The summed E-state index contributed by atoms with van der Waals surface area (Å²) < 4.78 is 5.22. The van der Waals surface area contributed by atoms with Gasteiger partial charge in [-0.1, -0.05) is 35.9 Å². The lowest BCUT2D eigenvalue weighted by atomic mass is 10.2. The Labute approximate surface area is 92.1 Å². The molecule has 0 unspecified atom stereocenters. The molecule has 0 aliphatic rings. The summed E-state index contributed by atoms with van der Waals surface area (Å²) in [5.41, 5.74) is 0.304. The van der Waals surface area contributed by atoms with Crippen LogP contribution in [0.15, 0.2) is 24.8 Å². The van der Waals surface area contributed by atoms with E-state index < -0.39 is 0 Å². The highest BCUT2D eigenvalue weighted by Crippen LogP contribution is 2.29. The molecule has 0 radical (unpaired) electrons. The van der Waals surface area contributed by atoms with Crippen LogP contribution in [0.4, 0.5) is 0 Å². The van der Waals surface area contributed by atoms with Gasteiger partial charge in [0.1, 0.15) is 12.4 Å². The van der Waals surface area contributed by atoms with Crippen molar-refractivity contribution in [3.63, 3.8) is 0 Å². The lowest BCUT2D eigenvalue weighted by molar-refractivity contribution is 0.112. The Morgan fingerprint density at radius 2 is 2.14 bits per heavy atom. The molecule has 0 amide bonds. The Hall–Kier alpha value is -0.990. The van der Waals surface area contributed by atoms with E-state index in [4.69, 9.17) is 27.9 Å². The molecular weight excluding hydrogens is 223 g/mol. The zero-order valence-electron chi connectivity index (χ0n) is 7.30. The third-order valence-corrected chi connectivity index (χ3v) is 2.06. The topological polar surface area (TPSA) is 26.3 Å². The second kappa shape index (κ2) is 5.03. The highest BCUT2D eigenvalue weighted by Gasteiger charge is 2.08. The van der Waals surface area contributed by atoms with Crippen LogP contribution in [0.5, 0.6) is 5.75 Å². The molecule has 1 aromatic carbocycles. The summed E-state index contributed by atoms with van der Waals surface area (Å²) in [4.78, 5) is 10.7. The van der Waals surface area contributed by atoms with Gasteiger partial charge in [-0.15, -0.1) is 0 Å². The highest BCUT2D eigenvalue weighted by atomic mass is 35.5. The molecule has 74 valence electrons. The third kappa shape index (κ3) is 2.50. The number of halogens is 2. The molecule has 0 aromatic heterocycles. The summed E-state index contributed by atoms with van der Waals surface area (Å²) >= 11 is 11.5. The van der Waals surface area contributed by atoms with Gasteiger partial charge in [0.15, 0.2) is 6.29 Å². The highest BCUT2D eigenvalue weighted by molar-refractivity contribution is 6.36. The standard InChI is InChI=1S/C10H8Cl2O2/c1-2-3-14-10-5-7(11)4-9(12)8(10)6-13/h2,4-6H,1,3H2. The second-order valence-corrected chi connectivity index (χ2v) is 3.36. The summed E-state index contributed by atoms with van der Waals surface area (Å²) in [6.45, 7) is 3.80. The molecule has 1 rings (SSSR count). The van der Waals surface area contributed by atoms with Gasteiger partial charge in [0, 0.05) is 5.02 Å². The molecule has 14 heavy (non-hydrogen) atoms. The van der Waals surface area contributed by atoms with E-state index in [1.54, 1.807) is 12.1 Å². The number of ether oxygens (including phenoxy) is 1. The van der Waals surface area contributed by atoms with Crippen molar-refractivity contribution in [2.75, 3.05) is 6.61 Å². The van der Waals surface area contributed by atoms with E-state index >= 15 is 0 Å². The smallest absolute Gasteiger partial charge is 0.155 e.